The summed E-state index contributed by atoms with van der Waals surface area (Å²) in [7, 11) is 2.68. The van der Waals surface area contributed by atoms with Crippen molar-refractivity contribution in [3.05, 3.63) is 69.4 Å². The fraction of sp³-hybridized carbons (Fsp3) is 0.304. The molecule has 0 saturated heterocycles. The molecule has 0 fully saturated rings. The number of nitrogens with zero attached hydrogens (tertiary/aromatic N) is 2. The summed E-state index contributed by atoms with van der Waals surface area (Å²) in [6.07, 6.45) is 1.24. The minimum absolute atomic E-state index is 0.00918. The van der Waals surface area contributed by atoms with Gasteiger partial charge in [-0.2, -0.15) is 0 Å². The van der Waals surface area contributed by atoms with Gasteiger partial charge in [-0.15, -0.1) is 0 Å². The largest absolute Gasteiger partial charge is 0.505 e. The van der Waals surface area contributed by atoms with E-state index in [1.54, 1.807) is 18.2 Å². The van der Waals surface area contributed by atoms with E-state index in [0.717, 1.165) is 5.56 Å². The van der Waals surface area contributed by atoms with E-state index in [0.29, 0.717) is 12.0 Å². The molecule has 0 aliphatic rings. The molecule has 0 saturated carbocycles. The molecule has 3 aromatic rings. The molecule has 2 aromatic heterocycles. The number of amides is 2. The Morgan fingerprint density at radius 1 is 1.12 bits per heavy atom. The third kappa shape index (κ3) is 5.67. The van der Waals surface area contributed by atoms with Gasteiger partial charge in [-0.3, -0.25) is 14.6 Å². The third-order valence-electron chi connectivity index (χ3n) is 5.07. The van der Waals surface area contributed by atoms with Crippen LogP contribution in [0.2, 0.25) is 0 Å². The van der Waals surface area contributed by atoms with Gasteiger partial charge in [0.2, 0.25) is 0 Å². The summed E-state index contributed by atoms with van der Waals surface area (Å²) in [5, 5.41) is 15.7. The minimum Gasteiger partial charge on any atom is -0.505 e. The highest BCUT2D eigenvalue weighted by atomic mass is 19.1. The number of ether oxygens (including phenoxy) is 2. The van der Waals surface area contributed by atoms with E-state index < -0.39 is 28.9 Å². The van der Waals surface area contributed by atoms with Gasteiger partial charge in [0, 0.05) is 32.9 Å². The fourth-order valence-corrected chi connectivity index (χ4v) is 3.41. The number of benzene rings is 1. The van der Waals surface area contributed by atoms with Crippen molar-refractivity contribution in [3.8, 4) is 5.75 Å². The molecule has 34 heavy (non-hydrogen) atoms. The van der Waals surface area contributed by atoms with E-state index >= 15 is 0 Å². The van der Waals surface area contributed by atoms with Crippen LogP contribution in [-0.4, -0.2) is 60.6 Å². The van der Waals surface area contributed by atoms with Crippen molar-refractivity contribution in [2.45, 2.75) is 13.0 Å². The van der Waals surface area contributed by atoms with E-state index in [1.165, 1.54) is 37.1 Å². The number of aromatic nitrogens is 2. The average molecular weight is 472 g/mol. The van der Waals surface area contributed by atoms with Crippen LogP contribution >= 0.6 is 0 Å². The van der Waals surface area contributed by atoms with Gasteiger partial charge < -0.3 is 29.8 Å². The number of halogens is 1. The molecule has 2 amide bonds. The van der Waals surface area contributed by atoms with Gasteiger partial charge in [0.1, 0.15) is 16.9 Å². The number of methoxy groups -OCH3 is 2. The number of carbonyl (C=O) groups excluding carboxylic acids is 2. The molecular formula is C23H25FN4O6. The Morgan fingerprint density at radius 3 is 2.53 bits per heavy atom. The van der Waals surface area contributed by atoms with Gasteiger partial charge >= 0.3 is 6.09 Å². The average Bonchev–Trinajstić information content (AvgIpc) is 2.82. The highest BCUT2D eigenvalue weighted by Crippen LogP contribution is 2.26. The second kappa shape index (κ2) is 11.2. The first kappa shape index (κ1) is 24.6. The summed E-state index contributed by atoms with van der Waals surface area (Å²) in [5.74, 6) is -1.66. The highest BCUT2D eigenvalue weighted by Gasteiger charge is 2.23. The quantitative estimate of drug-likeness (QED) is 0.403. The normalized spacial score (nSPS) is 10.8. The van der Waals surface area contributed by atoms with Crippen LogP contribution in [0.25, 0.3) is 11.0 Å². The Kier molecular flexibility index (Phi) is 8.14. The van der Waals surface area contributed by atoms with Crippen molar-refractivity contribution < 1.29 is 28.6 Å². The van der Waals surface area contributed by atoms with Crippen molar-refractivity contribution >= 4 is 23.0 Å². The first-order chi connectivity index (χ1) is 16.3. The van der Waals surface area contributed by atoms with Gasteiger partial charge in [-0.05, 0) is 35.7 Å². The molecule has 0 radical (unpaired) electrons. The predicted octanol–water partition coefficient (Wildman–Crippen LogP) is 1.56. The number of pyridine rings is 2. The lowest BCUT2D eigenvalue weighted by Crippen LogP contribution is -2.37. The first-order valence-electron chi connectivity index (χ1n) is 10.4. The zero-order valence-corrected chi connectivity index (χ0v) is 18.8. The van der Waals surface area contributed by atoms with Crippen LogP contribution in [0.5, 0.6) is 5.75 Å². The molecule has 0 bridgehead atoms. The molecule has 2 heterocycles. The zero-order valence-electron chi connectivity index (χ0n) is 18.8. The molecule has 0 aliphatic carbocycles. The molecule has 3 rings (SSSR count). The molecule has 11 heteroatoms. The number of aromatic hydroxyl groups is 1. The molecule has 180 valence electrons. The topological polar surface area (TPSA) is 132 Å². The number of carbonyl (C=O) groups is 2. The molecule has 3 N–H and O–H groups in total. The summed E-state index contributed by atoms with van der Waals surface area (Å²) >= 11 is 0. The summed E-state index contributed by atoms with van der Waals surface area (Å²) in [4.78, 5) is 41.6. The van der Waals surface area contributed by atoms with Crippen molar-refractivity contribution in [3.63, 3.8) is 0 Å². The lowest BCUT2D eigenvalue weighted by Gasteiger charge is -2.15. The third-order valence-corrected chi connectivity index (χ3v) is 5.07. The Hall–Kier alpha value is -3.99. The van der Waals surface area contributed by atoms with Crippen LogP contribution in [0.3, 0.4) is 0 Å². The second-order valence-electron chi connectivity index (χ2n) is 7.36. The van der Waals surface area contributed by atoms with Gasteiger partial charge in [-0.1, -0.05) is 12.1 Å². The molecular weight excluding hydrogens is 447 g/mol. The summed E-state index contributed by atoms with van der Waals surface area (Å²) in [6, 6.07) is 7.63. The zero-order chi connectivity index (χ0) is 24.7. The van der Waals surface area contributed by atoms with E-state index in [9.17, 15) is 23.9 Å². The summed E-state index contributed by atoms with van der Waals surface area (Å²) in [6.45, 7) is 0.382. The predicted molar refractivity (Wildman–Crippen MR) is 121 cm³/mol. The lowest BCUT2D eigenvalue weighted by atomic mass is 10.1. The minimum atomic E-state index is -0.770. The maximum atomic E-state index is 13.2. The van der Waals surface area contributed by atoms with Crippen LogP contribution in [0.15, 0.2) is 41.3 Å². The molecule has 0 atom stereocenters. The standard InChI is InChI=1S/C23H25FN4O6/c1-33-10-8-25-21(30)18-20(29)19-17(28(22(18)31)9-7-26-23(32)34-2)12-15(13-27-19)11-14-3-5-16(24)6-4-14/h3-6,12-13,29H,7-11H2,1-2H3,(H,25,30)(H,26,32). The first-order valence-corrected chi connectivity index (χ1v) is 10.4. The Balaban J connectivity index is 2.05. The van der Waals surface area contributed by atoms with E-state index in [2.05, 4.69) is 20.4 Å². The van der Waals surface area contributed by atoms with Gasteiger partial charge in [-0.25, -0.2) is 9.18 Å². The van der Waals surface area contributed by atoms with Gasteiger partial charge in [0.05, 0.1) is 19.2 Å². The SMILES string of the molecule is COCCNC(=O)c1c(O)c2ncc(Cc3ccc(F)cc3)cc2n(CCNC(=O)OC)c1=O. The van der Waals surface area contributed by atoms with Crippen LogP contribution < -0.4 is 16.2 Å². The molecule has 0 unspecified atom stereocenters. The van der Waals surface area contributed by atoms with Crippen molar-refractivity contribution in [1.29, 1.82) is 0 Å². The Bertz CT molecular complexity index is 1240. The van der Waals surface area contributed by atoms with Crippen molar-refractivity contribution in [1.82, 2.24) is 20.2 Å². The van der Waals surface area contributed by atoms with Crippen LogP contribution in [-0.2, 0) is 22.4 Å². The van der Waals surface area contributed by atoms with Gasteiger partial charge in [0.15, 0.2) is 5.75 Å². The van der Waals surface area contributed by atoms with Crippen LogP contribution in [0.1, 0.15) is 21.5 Å². The molecule has 0 spiro atoms. The smallest absolute Gasteiger partial charge is 0.406 e. The van der Waals surface area contributed by atoms with E-state index in [4.69, 9.17) is 4.74 Å². The van der Waals surface area contributed by atoms with E-state index in [1.807, 2.05) is 0 Å². The van der Waals surface area contributed by atoms with E-state index in [-0.39, 0.29) is 43.1 Å². The summed E-state index contributed by atoms with van der Waals surface area (Å²) in [5.41, 5.74) is 0.652. The maximum Gasteiger partial charge on any atom is 0.406 e. The number of hydrogen-bond donors (Lipinski definition) is 3. The molecule has 10 nitrogen and oxygen atoms in total. The molecule has 0 aliphatic heterocycles. The Labute approximate surface area is 194 Å². The number of rotatable bonds is 9. The number of hydrogen-bond acceptors (Lipinski definition) is 7. The van der Waals surface area contributed by atoms with Crippen LogP contribution in [0, 0.1) is 5.82 Å². The number of fused-ring (bicyclic) bond motifs is 1. The second-order valence-corrected chi connectivity index (χ2v) is 7.36. The summed E-state index contributed by atoms with van der Waals surface area (Å²) < 4.78 is 23.9. The Morgan fingerprint density at radius 2 is 1.85 bits per heavy atom. The molecule has 1 aromatic carbocycles. The number of nitrogens with one attached hydrogen (secondary N) is 2. The van der Waals surface area contributed by atoms with Crippen molar-refractivity contribution in [2.75, 3.05) is 33.9 Å². The lowest BCUT2D eigenvalue weighted by molar-refractivity contribution is 0.0932. The highest BCUT2D eigenvalue weighted by molar-refractivity contribution is 6.01. The fourth-order valence-electron chi connectivity index (χ4n) is 3.41. The number of alkyl carbamates (subject to hydrolysis) is 1. The van der Waals surface area contributed by atoms with Crippen LogP contribution in [0.4, 0.5) is 9.18 Å². The monoisotopic (exact) mass is 472 g/mol. The van der Waals surface area contributed by atoms with Gasteiger partial charge in [0.25, 0.3) is 11.5 Å². The maximum absolute atomic E-state index is 13.2. The van der Waals surface area contributed by atoms with Crippen molar-refractivity contribution in [2.24, 2.45) is 0 Å².